The Hall–Kier alpha value is -2.07. The van der Waals surface area contributed by atoms with Gasteiger partial charge >= 0.3 is 6.09 Å². The second-order valence-electron chi connectivity index (χ2n) is 6.48. The van der Waals surface area contributed by atoms with E-state index >= 15 is 0 Å². The van der Waals surface area contributed by atoms with Crippen LogP contribution >= 0.6 is 11.6 Å². The van der Waals surface area contributed by atoms with Crippen molar-refractivity contribution in [1.29, 1.82) is 5.26 Å². The Morgan fingerprint density at radius 1 is 1.65 bits per heavy atom. The molecular weight excluding hydrogens is 323 g/mol. The average Bonchev–Trinajstić information content (AvgIpc) is 3.06. The summed E-state index contributed by atoms with van der Waals surface area (Å²) in [5.74, 6) is -0.613. The van der Waals surface area contributed by atoms with Crippen LogP contribution in [0.15, 0.2) is 6.07 Å². The number of anilines is 1. The normalized spacial score (nSPS) is 21.0. The quantitative estimate of drug-likeness (QED) is 0.715. The van der Waals surface area contributed by atoms with Gasteiger partial charge in [-0.1, -0.05) is 25.4 Å². The number of aromatic nitrogens is 1. The second-order valence-corrected chi connectivity index (χ2v) is 6.83. The zero-order valence-corrected chi connectivity index (χ0v) is 13.8. The van der Waals surface area contributed by atoms with Gasteiger partial charge in [-0.05, 0) is 30.7 Å². The highest BCUT2D eigenvalue weighted by atomic mass is 35.5. The summed E-state index contributed by atoms with van der Waals surface area (Å²) >= 11 is 5.85. The Morgan fingerprint density at radius 2 is 2.26 bits per heavy atom. The van der Waals surface area contributed by atoms with Gasteiger partial charge in [0, 0.05) is 6.04 Å². The SMILES string of the molecule is C[C@H](NC(=O)O)[C@@H](Nc1nc(Cl)c(C#N)cc1F)[C@H]1CC1(C)C. The van der Waals surface area contributed by atoms with Gasteiger partial charge in [0.2, 0.25) is 0 Å². The Morgan fingerprint density at radius 3 is 2.74 bits per heavy atom. The molecular formula is C15H18ClFN4O2. The van der Waals surface area contributed by atoms with Crippen LogP contribution in [-0.2, 0) is 0 Å². The van der Waals surface area contributed by atoms with Crippen LogP contribution in [0.4, 0.5) is 15.0 Å². The largest absolute Gasteiger partial charge is 0.465 e. The summed E-state index contributed by atoms with van der Waals surface area (Å²) in [7, 11) is 0. The highest BCUT2D eigenvalue weighted by Gasteiger charge is 2.52. The molecule has 0 spiro atoms. The first-order chi connectivity index (χ1) is 10.7. The Balaban J connectivity index is 2.26. The van der Waals surface area contributed by atoms with E-state index in [0.717, 1.165) is 12.5 Å². The first-order valence-corrected chi connectivity index (χ1v) is 7.55. The number of nitrogens with zero attached hydrogens (tertiary/aromatic N) is 2. The number of pyridine rings is 1. The highest BCUT2D eigenvalue weighted by Crippen LogP contribution is 2.54. The summed E-state index contributed by atoms with van der Waals surface area (Å²) in [6.07, 6.45) is -0.254. The summed E-state index contributed by atoms with van der Waals surface area (Å²) in [5, 5.41) is 23.0. The fourth-order valence-corrected chi connectivity index (χ4v) is 2.96. The molecule has 1 fully saturated rings. The third-order valence-electron chi connectivity index (χ3n) is 4.27. The van der Waals surface area contributed by atoms with Crippen LogP contribution in [0.25, 0.3) is 0 Å². The minimum absolute atomic E-state index is 0.0407. The molecule has 0 radical (unpaired) electrons. The summed E-state index contributed by atoms with van der Waals surface area (Å²) in [4.78, 5) is 14.8. The number of halogens is 2. The van der Waals surface area contributed by atoms with Gasteiger partial charge in [-0.2, -0.15) is 5.26 Å². The summed E-state index contributed by atoms with van der Waals surface area (Å²) in [5.41, 5.74) is -0.00590. The fourth-order valence-electron chi connectivity index (χ4n) is 2.78. The van der Waals surface area contributed by atoms with Crippen molar-refractivity contribution in [2.75, 3.05) is 5.32 Å². The number of amides is 1. The molecule has 1 aromatic rings. The molecule has 0 aliphatic heterocycles. The molecule has 1 amide bonds. The van der Waals surface area contributed by atoms with Crippen molar-refractivity contribution in [3.63, 3.8) is 0 Å². The first kappa shape index (κ1) is 17.3. The van der Waals surface area contributed by atoms with Gasteiger partial charge in [0.1, 0.15) is 11.2 Å². The van der Waals surface area contributed by atoms with Crippen LogP contribution in [-0.4, -0.2) is 28.3 Å². The van der Waals surface area contributed by atoms with E-state index in [1.807, 2.05) is 0 Å². The lowest BCUT2D eigenvalue weighted by molar-refractivity contribution is 0.188. The van der Waals surface area contributed by atoms with E-state index < -0.39 is 18.0 Å². The van der Waals surface area contributed by atoms with Crippen LogP contribution in [0, 0.1) is 28.5 Å². The predicted octanol–water partition coefficient (Wildman–Crippen LogP) is 3.23. The lowest BCUT2D eigenvalue weighted by Gasteiger charge is -2.27. The number of rotatable bonds is 5. The second kappa shape index (κ2) is 6.20. The van der Waals surface area contributed by atoms with Crippen molar-refractivity contribution in [2.45, 2.75) is 39.3 Å². The average molecular weight is 341 g/mol. The van der Waals surface area contributed by atoms with Gasteiger partial charge in [0.05, 0.1) is 11.6 Å². The number of hydrogen-bond donors (Lipinski definition) is 3. The molecule has 1 heterocycles. The third kappa shape index (κ3) is 3.82. The maximum atomic E-state index is 14.1. The zero-order chi connectivity index (χ0) is 17.4. The van der Waals surface area contributed by atoms with E-state index in [1.54, 1.807) is 13.0 Å². The molecule has 23 heavy (non-hydrogen) atoms. The molecule has 0 bridgehead atoms. The molecule has 1 saturated carbocycles. The Labute approximate surface area is 138 Å². The minimum Gasteiger partial charge on any atom is -0.465 e. The molecule has 1 aliphatic rings. The number of hydrogen-bond acceptors (Lipinski definition) is 4. The van der Waals surface area contributed by atoms with Gasteiger partial charge < -0.3 is 15.7 Å². The number of carboxylic acid groups (broad SMARTS) is 1. The molecule has 2 rings (SSSR count). The van der Waals surface area contributed by atoms with E-state index in [1.165, 1.54) is 0 Å². The Bertz CT molecular complexity index is 674. The van der Waals surface area contributed by atoms with Gasteiger partial charge in [-0.15, -0.1) is 0 Å². The highest BCUT2D eigenvalue weighted by molar-refractivity contribution is 6.30. The fraction of sp³-hybridized carbons (Fsp3) is 0.533. The first-order valence-electron chi connectivity index (χ1n) is 7.18. The maximum Gasteiger partial charge on any atom is 0.404 e. The Kier molecular flexibility index (Phi) is 4.66. The molecule has 3 N–H and O–H groups in total. The van der Waals surface area contributed by atoms with Crippen LogP contribution in [0.2, 0.25) is 5.15 Å². The molecule has 3 atom stereocenters. The van der Waals surface area contributed by atoms with E-state index in [0.29, 0.717) is 0 Å². The molecule has 0 saturated heterocycles. The van der Waals surface area contributed by atoms with E-state index in [-0.39, 0.29) is 33.9 Å². The van der Waals surface area contributed by atoms with Gasteiger partial charge in [0.25, 0.3) is 0 Å². The lowest BCUT2D eigenvalue weighted by Crippen LogP contribution is -2.46. The van der Waals surface area contributed by atoms with Crippen molar-refractivity contribution in [2.24, 2.45) is 11.3 Å². The van der Waals surface area contributed by atoms with E-state index in [9.17, 15) is 9.18 Å². The van der Waals surface area contributed by atoms with E-state index in [4.69, 9.17) is 22.0 Å². The van der Waals surface area contributed by atoms with Crippen LogP contribution in [0.3, 0.4) is 0 Å². The number of nitriles is 1. The van der Waals surface area contributed by atoms with Crippen molar-refractivity contribution in [1.82, 2.24) is 10.3 Å². The lowest BCUT2D eigenvalue weighted by atomic mass is 9.98. The van der Waals surface area contributed by atoms with Gasteiger partial charge in [0.15, 0.2) is 11.6 Å². The molecule has 6 nitrogen and oxygen atoms in total. The molecule has 1 aliphatic carbocycles. The summed E-state index contributed by atoms with van der Waals surface area (Å²) in [6.45, 7) is 5.84. The van der Waals surface area contributed by atoms with Gasteiger partial charge in [-0.3, -0.25) is 0 Å². The van der Waals surface area contributed by atoms with Crippen molar-refractivity contribution in [3.8, 4) is 6.07 Å². The van der Waals surface area contributed by atoms with Crippen LogP contribution in [0.1, 0.15) is 32.8 Å². The van der Waals surface area contributed by atoms with Crippen molar-refractivity contribution >= 4 is 23.5 Å². The standard InChI is InChI=1S/C15H18ClFN4O2/c1-7(19-14(22)23)11(9-5-15(9,2)3)20-13-10(17)4-8(6-18)12(16)21-13/h4,7,9,11,19H,5H2,1-3H3,(H,20,21)(H,22,23)/t7-,9+,11+/m0/s1. The van der Waals surface area contributed by atoms with Crippen molar-refractivity contribution in [3.05, 3.63) is 22.6 Å². The molecule has 1 aromatic heterocycles. The molecule has 0 aromatic carbocycles. The maximum absolute atomic E-state index is 14.1. The smallest absolute Gasteiger partial charge is 0.404 e. The van der Waals surface area contributed by atoms with Crippen LogP contribution < -0.4 is 10.6 Å². The minimum atomic E-state index is -1.14. The summed E-state index contributed by atoms with van der Waals surface area (Å²) in [6, 6.07) is 1.99. The van der Waals surface area contributed by atoms with Gasteiger partial charge in [-0.25, -0.2) is 14.2 Å². The topological polar surface area (TPSA) is 98.0 Å². The van der Waals surface area contributed by atoms with E-state index in [2.05, 4.69) is 29.5 Å². The monoisotopic (exact) mass is 340 g/mol. The molecule has 0 unspecified atom stereocenters. The molecule has 124 valence electrons. The zero-order valence-electron chi connectivity index (χ0n) is 13.0. The molecule has 8 heteroatoms. The van der Waals surface area contributed by atoms with Crippen LogP contribution in [0.5, 0.6) is 0 Å². The van der Waals surface area contributed by atoms with Crippen molar-refractivity contribution < 1.29 is 14.3 Å². The number of nitrogens with one attached hydrogen (secondary N) is 2. The summed E-state index contributed by atoms with van der Waals surface area (Å²) < 4.78 is 14.1. The number of carbonyl (C=O) groups is 1. The third-order valence-corrected chi connectivity index (χ3v) is 4.55. The predicted molar refractivity (Wildman–Crippen MR) is 83.8 cm³/mol.